The molecule has 2 N–H and O–H groups in total. The fourth-order valence-electron chi connectivity index (χ4n) is 2.72. The predicted octanol–water partition coefficient (Wildman–Crippen LogP) is 1.92. The number of carbonyl (C=O) groups excluding carboxylic acids is 1. The molecule has 0 bridgehead atoms. The third-order valence-electron chi connectivity index (χ3n) is 4.01. The summed E-state index contributed by atoms with van der Waals surface area (Å²) < 4.78 is 5.86. The van der Waals surface area contributed by atoms with Crippen molar-refractivity contribution in [3.63, 3.8) is 0 Å². The molecule has 1 amide bonds. The van der Waals surface area contributed by atoms with E-state index in [9.17, 15) is 4.79 Å². The van der Waals surface area contributed by atoms with Crippen molar-refractivity contribution in [1.82, 2.24) is 10.3 Å². The zero-order valence-corrected chi connectivity index (χ0v) is 14.5. The molecule has 0 aliphatic heterocycles. The maximum Gasteiger partial charge on any atom is 0.251 e. The van der Waals surface area contributed by atoms with E-state index in [4.69, 9.17) is 4.42 Å². The highest BCUT2D eigenvalue weighted by molar-refractivity contribution is 5.93. The van der Waals surface area contributed by atoms with E-state index in [-0.39, 0.29) is 5.91 Å². The van der Waals surface area contributed by atoms with Crippen molar-refractivity contribution in [3.05, 3.63) is 77.8 Å². The Bertz CT molecular complexity index is 826. The van der Waals surface area contributed by atoms with Gasteiger partial charge in [0.15, 0.2) is 12.3 Å². The fraction of sp³-hybridized carbons (Fsp3) is 0.200. The first-order valence-corrected chi connectivity index (χ1v) is 8.28. The lowest BCUT2D eigenvalue weighted by atomic mass is 10.1. The van der Waals surface area contributed by atoms with E-state index in [0.29, 0.717) is 12.1 Å². The molecule has 1 atom stereocenters. The zero-order chi connectivity index (χ0) is 17.6. The topological polar surface area (TPSA) is 59.6 Å². The van der Waals surface area contributed by atoms with Crippen molar-refractivity contribution in [3.8, 4) is 11.3 Å². The molecule has 0 aliphatic rings. The maximum absolute atomic E-state index is 11.6. The van der Waals surface area contributed by atoms with Crippen molar-refractivity contribution < 1.29 is 14.1 Å². The number of carbonyl (C=O) groups is 1. The molecule has 0 saturated heterocycles. The molecular formula is C20H22N3O2+. The van der Waals surface area contributed by atoms with Gasteiger partial charge in [-0.25, -0.2) is 4.98 Å². The van der Waals surface area contributed by atoms with Crippen LogP contribution in [0.5, 0.6) is 0 Å². The van der Waals surface area contributed by atoms with Gasteiger partial charge in [-0.3, -0.25) is 4.79 Å². The molecule has 0 fully saturated rings. The van der Waals surface area contributed by atoms with Gasteiger partial charge in [0.1, 0.15) is 6.54 Å². The van der Waals surface area contributed by atoms with E-state index in [1.54, 1.807) is 13.2 Å². The lowest BCUT2D eigenvalue weighted by molar-refractivity contribution is -0.909. The third kappa shape index (κ3) is 4.33. The SMILES string of the molecule is CNC(=O)c1ccc(C[NH+](C)Cc2ncc(-c3ccccc3)o2)cc1. The number of quaternary nitrogens is 1. The summed E-state index contributed by atoms with van der Waals surface area (Å²) in [5.41, 5.74) is 2.87. The molecule has 3 aromatic rings. The number of oxazole rings is 1. The average Bonchev–Trinajstić information content (AvgIpc) is 3.10. The minimum atomic E-state index is -0.0690. The number of rotatable bonds is 6. The summed E-state index contributed by atoms with van der Waals surface area (Å²) >= 11 is 0. The monoisotopic (exact) mass is 336 g/mol. The van der Waals surface area contributed by atoms with Crippen molar-refractivity contribution in [2.24, 2.45) is 0 Å². The number of nitrogens with zero attached hydrogens (tertiary/aromatic N) is 1. The van der Waals surface area contributed by atoms with Crippen LogP contribution in [0.4, 0.5) is 0 Å². The molecule has 1 unspecified atom stereocenters. The predicted molar refractivity (Wildman–Crippen MR) is 96.1 cm³/mol. The third-order valence-corrected chi connectivity index (χ3v) is 4.01. The number of amides is 1. The van der Waals surface area contributed by atoms with Crippen LogP contribution < -0.4 is 10.2 Å². The first kappa shape index (κ1) is 16.9. The number of hydrogen-bond donors (Lipinski definition) is 2. The van der Waals surface area contributed by atoms with Crippen molar-refractivity contribution in [1.29, 1.82) is 0 Å². The normalized spacial score (nSPS) is 11.9. The lowest BCUT2D eigenvalue weighted by Crippen LogP contribution is -3.06. The molecule has 0 spiro atoms. The van der Waals surface area contributed by atoms with Crippen LogP contribution in [-0.2, 0) is 13.1 Å². The highest BCUT2D eigenvalue weighted by Gasteiger charge is 2.12. The smallest absolute Gasteiger partial charge is 0.251 e. The van der Waals surface area contributed by atoms with Crippen LogP contribution in [0.3, 0.4) is 0 Å². The van der Waals surface area contributed by atoms with Gasteiger partial charge in [0.05, 0.1) is 13.2 Å². The minimum absolute atomic E-state index is 0.0690. The van der Waals surface area contributed by atoms with Gasteiger partial charge in [-0.2, -0.15) is 0 Å². The Labute approximate surface area is 147 Å². The second kappa shape index (κ2) is 7.77. The maximum atomic E-state index is 11.6. The summed E-state index contributed by atoms with van der Waals surface area (Å²) in [4.78, 5) is 17.2. The Balaban J connectivity index is 1.60. The van der Waals surface area contributed by atoms with E-state index >= 15 is 0 Å². The summed E-state index contributed by atoms with van der Waals surface area (Å²) in [5, 5.41) is 2.63. The summed E-state index contributed by atoms with van der Waals surface area (Å²) in [6.45, 7) is 1.53. The fourth-order valence-corrected chi connectivity index (χ4v) is 2.72. The van der Waals surface area contributed by atoms with Gasteiger partial charge in [-0.15, -0.1) is 0 Å². The molecule has 3 rings (SSSR count). The summed E-state index contributed by atoms with van der Waals surface area (Å²) in [5.74, 6) is 1.44. The van der Waals surface area contributed by atoms with Crippen molar-refractivity contribution >= 4 is 5.91 Å². The molecule has 1 heterocycles. The molecule has 0 aliphatic carbocycles. The van der Waals surface area contributed by atoms with Gasteiger partial charge in [0.2, 0.25) is 0 Å². The van der Waals surface area contributed by atoms with E-state index < -0.39 is 0 Å². The van der Waals surface area contributed by atoms with E-state index in [1.807, 2.05) is 54.6 Å². The molecule has 25 heavy (non-hydrogen) atoms. The first-order chi connectivity index (χ1) is 12.2. The molecule has 0 saturated carbocycles. The number of nitrogens with one attached hydrogen (secondary N) is 2. The molecule has 1 aromatic heterocycles. The van der Waals surface area contributed by atoms with Crippen LogP contribution >= 0.6 is 0 Å². The van der Waals surface area contributed by atoms with Crippen LogP contribution in [0, 0.1) is 0 Å². The van der Waals surface area contributed by atoms with Gasteiger partial charge in [-0.1, -0.05) is 42.5 Å². The largest absolute Gasteiger partial charge is 0.435 e. The second-order valence-electron chi connectivity index (χ2n) is 6.07. The van der Waals surface area contributed by atoms with Crippen molar-refractivity contribution in [2.75, 3.05) is 14.1 Å². The number of hydrogen-bond acceptors (Lipinski definition) is 3. The summed E-state index contributed by atoms with van der Waals surface area (Å²) in [6, 6.07) is 17.6. The molecule has 5 heteroatoms. The summed E-state index contributed by atoms with van der Waals surface area (Å²) in [6.07, 6.45) is 1.77. The Kier molecular flexibility index (Phi) is 5.26. The van der Waals surface area contributed by atoms with Crippen LogP contribution in [0.15, 0.2) is 65.2 Å². The van der Waals surface area contributed by atoms with Gasteiger partial charge in [0, 0.05) is 23.7 Å². The highest BCUT2D eigenvalue weighted by Crippen LogP contribution is 2.19. The quantitative estimate of drug-likeness (QED) is 0.723. The molecule has 2 aromatic carbocycles. The first-order valence-electron chi connectivity index (χ1n) is 8.28. The van der Waals surface area contributed by atoms with Gasteiger partial charge < -0.3 is 14.6 Å². The molecular weight excluding hydrogens is 314 g/mol. The van der Waals surface area contributed by atoms with E-state index in [1.165, 1.54) is 10.5 Å². The van der Waals surface area contributed by atoms with Gasteiger partial charge in [-0.05, 0) is 12.1 Å². The molecule has 5 nitrogen and oxygen atoms in total. The minimum Gasteiger partial charge on any atom is -0.435 e. The zero-order valence-electron chi connectivity index (χ0n) is 14.5. The molecule has 0 radical (unpaired) electrons. The van der Waals surface area contributed by atoms with Crippen LogP contribution in [0.1, 0.15) is 21.8 Å². The highest BCUT2D eigenvalue weighted by atomic mass is 16.4. The van der Waals surface area contributed by atoms with Crippen LogP contribution in [0.25, 0.3) is 11.3 Å². The Morgan fingerprint density at radius 3 is 2.48 bits per heavy atom. The van der Waals surface area contributed by atoms with E-state index in [2.05, 4.69) is 17.3 Å². The van der Waals surface area contributed by atoms with Gasteiger partial charge >= 0.3 is 0 Å². The number of benzene rings is 2. The van der Waals surface area contributed by atoms with Gasteiger partial charge in [0.25, 0.3) is 11.8 Å². The average molecular weight is 336 g/mol. The Morgan fingerprint density at radius 1 is 1.08 bits per heavy atom. The Morgan fingerprint density at radius 2 is 1.80 bits per heavy atom. The van der Waals surface area contributed by atoms with E-state index in [0.717, 1.165) is 23.8 Å². The second-order valence-corrected chi connectivity index (χ2v) is 6.07. The van der Waals surface area contributed by atoms with Crippen molar-refractivity contribution in [2.45, 2.75) is 13.1 Å². The number of aromatic nitrogens is 1. The molecule has 128 valence electrons. The van der Waals surface area contributed by atoms with Crippen LogP contribution in [-0.4, -0.2) is 25.0 Å². The van der Waals surface area contributed by atoms with Crippen LogP contribution in [0.2, 0.25) is 0 Å². The summed E-state index contributed by atoms with van der Waals surface area (Å²) in [7, 11) is 3.73. The lowest BCUT2D eigenvalue weighted by Gasteiger charge is -2.12. The Hall–Kier alpha value is -2.92. The standard InChI is InChI=1S/C20H21N3O2/c1-21-20(24)17-10-8-15(9-11-17)13-23(2)14-19-22-12-18(25-19)16-6-4-3-5-7-16/h3-12H,13-14H2,1-2H3,(H,21,24)/p+1.